The molecule has 2 saturated heterocycles. The second kappa shape index (κ2) is 13.8. The number of ether oxygens (including phenoxy) is 2. The first-order valence-corrected chi connectivity index (χ1v) is 15.5. The van der Waals surface area contributed by atoms with Crippen molar-refractivity contribution in [1.29, 1.82) is 0 Å². The average Bonchev–Trinajstić information content (AvgIpc) is 3.53. The lowest BCUT2D eigenvalue weighted by Gasteiger charge is -2.31. The second-order valence-corrected chi connectivity index (χ2v) is 13.9. The maximum atomic E-state index is 12.4. The number of nitrogens with zero attached hydrogens (tertiary/aromatic N) is 2. The predicted octanol–water partition coefficient (Wildman–Crippen LogP) is 6.15. The van der Waals surface area contributed by atoms with Crippen LogP contribution in [0.5, 0.6) is 0 Å². The fourth-order valence-electron chi connectivity index (χ4n) is 4.24. The van der Waals surface area contributed by atoms with Gasteiger partial charge in [-0.2, -0.15) is 0 Å². The van der Waals surface area contributed by atoms with E-state index >= 15 is 0 Å². The van der Waals surface area contributed by atoms with E-state index in [0.29, 0.717) is 5.75 Å². The van der Waals surface area contributed by atoms with E-state index in [0.717, 1.165) is 16.9 Å². The van der Waals surface area contributed by atoms with Crippen molar-refractivity contribution in [2.45, 2.75) is 75.6 Å². The smallest absolute Gasteiger partial charge is 0.412 e. The van der Waals surface area contributed by atoms with Gasteiger partial charge in [0.2, 0.25) is 0 Å². The molecule has 0 radical (unpaired) electrons. The summed E-state index contributed by atoms with van der Waals surface area (Å²) in [7, 11) is 0. The van der Waals surface area contributed by atoms with Crippen LogP contribution >= 0.6 is 23.5 Å². The summed E-state index contributed by atoms with van der Waals surface area (Å²) in [5.41, 5.74) is 0.761. The highest BCUT2D eigenvalue weighted by Crippen LogP contribution is 2.43. The molecule has 2 amide bonds. The van der Waals surface area contributed by atoms with E-state index in [9.17, 15) is 24.6 Å². The number of carboxylic acid groups (broad SMARTS) is 1. The fourth-order valence-corrected chi connectivity index (χ4v) is 7.09. The zero-order valence-electron chi connectivity index (χ0n) is 24.4. The van der Waals surface area contributed by atoms with E-state index in [1.807, 2.05) is 81.4 Å². The molecule has 2 heterocycles. The number of hydrogen-bond donors (Lipinski definition) is 2. The molecular weight excluding hydrogens is 564 g/mol. The maximum Gasteiger partial charge on any atom is 0.412 e. The van der Waals surface area contributed by atoms with Crippen LogP contribution in [0.15, 0.2) is 60.7 Å². The molecule has 0 spiro atoms. The van der Waals surface area contributed by atoms with Crippen molar-refractivity contribution in [2.24, 2.45) is 0 Å². The van der Waals surface area contributed by atoms with Gasteiger partial charge in [0.1, 0.15) is 28.0 Å². The first-order chi connectivity index (χ1) is 19.2. The highest BCUT2D eigenvalue weighted by Gasteiger charge is 2.44. The maximum absolute atomic E-state index is 12.4. The number of hydrogen-bond acceptors (Lipinski definition) is 8. The third-order valence-electron chi connectivity index (χ3n) is 5.97. The Balaban J connectivity index is 0.000000226. The molecule has 9 nitrogen and oxygen atoms in total. The van der Waals surface area contributed by atoms with Gasteiger partial charge >= 0.3 is 18.2 Å². The van der Waals surface area contributed by atoms with Crippen LogP contribution in [0.2, 0.25) is 0 Å². The van der Waals surface area contributed by atoms with E-state index in [2.05, 4.69) is 0 Å². The Kier molecular flexibility index (Phi) is 11.0. The van der Waals surface area contributed by atoms with Crippen LogP contribution < -0.4 is 0 Å². The number of carboxylic acids is 1. The van der Waals surface area contributed by atoms with Gasteiger partial charge in [-0.25, -0.2) is 14.4 Å². The highest BCUT2D eigenvalue weighted by molar-refractivity contribution is 8.00. The number of aliphatic hydroxyl groups excluding tert-OH is 1. The molecule has 224 valence electrons. The summed E-state index contributed by atoms with van der Waals surface area (Å²) in [6, 6.07) is 18.2. The molecule has 0 aliphatic carbocycles. The Morgan fingerprint density at radius 2 is 1.17 bits per heavy atom. The van der Waals surface area contributed by atoms with Gasteiger partial charge in [-0.05, 0) is 52.7 Å². The number of thioether (sulfide) groups is 2. The van der Waals surface area contributed by atoms with Gasteiger partial charge in [0.25, 0.3) is 0 Å². The van der Waals surface area contributed by atoms with Gasteiger partial charge < -0.3 is 19.7 Å². The van der Waals surface area contributed by atoms with Gasteiger partial charge in [0.15, 0.2) is 0 Å². The van der Waals surface area contributed by atoms with Crippen molar-refractivity contribution in [3.05, 3.63) is 71.8 Å². The third kappa shape index (κ3) is 9.05. The summed E-state index contributed by atoms with van der Waals surface area (Å²) in [6.07, 6.45) is -0.954. The van der Waals surface area contributed by atoms with Crippen molar-refractivity contribution in [1.82, 2.24) is 9.80 Å². The largest absolute Gasteiger partial charge is 0.480 e. The predicted molar refractivity (Wildman–Crippen MR) is 162 cm³/mol. The highest BCUT2D eigenvalue weighted by atomic mass is 32.2. The zero-order valence-corrected chi connectivity index (χ0v) is 26.0. The SMILES string of the molecule is CC(C)(C)OC(=O)N1C(C(=O)O)CS[C@@H]1c1ccccc1.CC(C)(C)OC(=O)N1C(CO)CS[C@@H]1c1ccccc1. The Morgan fingerprint density at radius 3 is 1.59 bits per heavy atom. The summed E-state index contributed by atoms with van der Waals surface area (Å²) in [4.78, 5) is 39.2. The minimum absolute atomic E-state index is 0.0461. The van der Waals surface area contributed by atoms with E-state index in [4.69, 9.17) is 9.47 Å². The molecule has 2 fully saturated rings. The summed E-state index contributed by atoms with van der Waals surface area (Å²) < 4.78 is 10.8. The Bertz CT molecular complexity index is 1170. The molecule has 2 aromatic carbocycles. The summed E-state index contributed by atoms with van der Waals surface area (Å²) >= 11 is 3.09. The molecule has 2 aliphatic rings. The number of aliphatic carboxylic acids is 1. The summed E-state index contributed by atoms with van der Waals surface area (Å²) in [5.74, 6) is 0.0653. The van der Waals surface area contributed by atoms with Crippen molar-refractivity contribution in [3.63, 3.8) is 0 Å². The lowest BCUT2D eigenvalue weighted by atomic mass is 10.2. The number of aliphatic hydroxyl groups is 1. The molecular formula is C30H40N2O7S2. The molecule has 4 atom stereocenters. The van der Waals surface area contributed by atoms with Crippen LogP contribution in [-0.4, -0.2) is 79.6 Å². The standard InChI is InChI=1S/C15H19NO4S.C15H21NO3S/c1-15(2,3)20-14(19)16-11(13(17)18)9-21-12(16)10-7-5-4-6-8-10;1-15(2,3)19-14(18)16-12(9-17)10-20-13(16)11-7-5-4-6-8-11/h4-8,11-12H,9H2,1-3H3,(H,17,18);4-8,12-13,17H,9-10H2,1-3H3/t11?,12-;12?,13-/m11/s1. The van der Waals surface area contributed by atoms with Gasteiger partial charge in [0.05, 0.1) is 12.6 Å². The Morgan fingerprint density at radius 1 is 0.756 bits per heavy atom. The zero-order chi connectivity index (χ0) is 30.4. The normalized spacial score (nSPS) is 22.5. The number of carbonyl (C=O) groups is 3. The van der Waals surface area contributed by atoms with E-state index in [1.165, 1.54) is 16.7 Å². The van der Waals surface area contributed by atoms with Crippen LogP contribution in [0.4, 0.5) is 9.59 Å². The minimum Gasteiger partial charge on any atom is -0.480 e. The third-order valence-corrected chi connectivity index (χ3v) is 8.68. The monoisotopic (exact) mass is 604 g/mol. The molecule has 2 aliphatic heterocycles. The van der Waals surface area contributed by atoms with Crippen LogP contribution in [0.25, 0.3) is 0 Å². The molecule has 4 rings (SSSR count). The van der Waals surface area contributed by atoms with Crippen LogP contribution in [0.3, 0.4) is 0 Å². The summed E-state index contributed by atoms with van der Waals surface area (Å²) in [6.45, 7) is 10.8. The van der Waals surface area contributed by atoms with Crippen molar-refractivity contribution < 1.29 is 34.1 Å². The van der Waals surface area contributed by atoms with E-state index < -0.39 is 29.3 Å². The van der Waals surface area contributed by atoms with Crippen LogP contribution in [0.1, 0.15) is 63.4 Å². The van der Waals surface area contributed by atoms with Crippen LogP contribution in [0, 0.1) is 0 Å². The first-order valence-electron chi connectivity index (χ1n) is 13.4. The lowest BCUT2D eigenvalue weighted by Crippen LogP contribution is -2.45. The lowest BCUT2D eigenvalue weighted by molar-refractivity contribution is -0.142. The molecule has 0 saturated carbocycles. The van der Waals surface area contributed by atoms with Gasteiger partial charge in [-0.15, -0.1) is 23.5 Å². The van der Waals surface area contributed by atoms with Gasteiger partial charge in [-0.1, -0.05) is 60.7 Å². The molecule has 2 N–H and O–H groups in total. The number of amides is 2. The second-order valence-electron chi connectivity index (χ2n) is 11.7. The molecule has 2 aromatic rings. The van der Waals surface area contributed by atoms with Gasteiger partial charge in [0, 0.05) is 11.5 Å². The van der Waals surface area contributed by atoms with Crippen molar-refractivity contribution in [3.8, 4) is 0 Å². The summed E-state index contributed by atoms with van der Waals surface area (Å²) in [5, 5.41) is 18.4. The van der Waals surface area contributed by atoms with Crippen molar-refractivity contribution in [2.75, 3.05) is 18.1 Å². The quantitative estimate of drug-likeness (QED) is 0.424. The Hall–Kier alpha value is -2.89. The van der Waals surface area contributed by atoms with Crippen LogP contribution in [-0.2, 0) is 14.3 Å². The van der Waals surface area contributed by atoms with Crippen molar-refractivity contribution >= 4 is 41.7 Å². The fraction of sp³-hybridized carbons (Fsp3) is 0.500. The van der Waals surface area contributed by atoms with E-state index in [-0.39, 0.29) is 29.5 Å². The molecule has 41 heavy (non-hydrogen) atoms. The first kappa shape index (κ1) is 32.6. The van der Waals surface area contributed by atoms with E-state index in [1.54, 1.807) is 37.4 Å². The molecule has 0 aromatic heterocycles. The molecule has 0 bridgehead atoms. The Labute approximate surface area is 250 Å². The average molecular weight is 605 g/mol. The minimum atomic E-state index is -1.01. The molecule has 2 unspecified atom stereocenters. The number of rotatable bonds is 4. The number of benzene rings is 2. The number of carbonyl (C=O) groups excluding carboxylic acids is 2. The molecule has 11 heteroatoms. The topological polar surface area (TPSA) is 117 Å². The van der Waals surface area contributed by atoms with Gasteiger partial charge in [-0.3, -0.25) is 9.80 Å².